The summed E-state index contributed by atoms with van der Waals surface area (Å²) >= 11 is 0. The molecule has 0 spiro atoms. The molecule has 0 bridgehead atoms. The predicted molar refractivity (Wildman–Crippen MR) is 83.5 cm³/mol. The monoisotopic (exact) mass is 282 g/mol. The van der Waals surface area contributed by atoms with E-state index in [4.69, 9.17) is 4.74 Å². The zero-order valence-electron chi connectivity index (χ0n) is 12.2. The van der Waals surface area contributed by atoms with Crippen LogP contribution in [0.1, 0.15) is 18.1 Å². The van der Waals surface area contributed by atoms with Crippen molar-refractivity contribution in [2.45, 2.75) is 13.8 Å². The first-order chi connectivity index (χ1) is 10.2. The highest BCUT2D eigenvalue weighted by Crippen LogP contribution is 2.15. The molecule has 4 heteroatoms. The van der Waals surface area contributed by atoms with Gasteiger partial charge in [-0.1, -0.05) is 48.5 Å². The number of hydrazone groups is 1. The first-order valence-corrected chi connectivity index (χ1v) is 6.74. The van der Waals surface area contributed by atoms with Gasteiger partial charge >= 0.3 is 0 Å². The van der Waals surface area contributed by atoms with Crippen molar-refractivity contribution in [3.63, 3.8) is 0 Å². The summed E-state index contributed by atoms with van der Waals surface area (Å²) in [5, 5.41) is 4.07. The Labute approximate surface area is 124 Å². The van der Waals surface area contributed by atoms with Crippen LogP contribution >= 0.6 is 0 Å². The van der Waals surface area contributed by atoms with E-state index in [-0.39, 0.29) is 12.5 Å². The molecule has 2 aromatic carbocycles. The molecule has 0 saturated carbocycles. The molecule has 21 heavy (non-hydrogen) atoms. The molecule has 1 amide bonds. The number of rotatable bonds is 5. The van der Waals surface area contributed by atoms with Crippen LogP contribution in [-0.4, -0.2) is 18.2 Å². The number of hydrogen-bond donors (Lipinski definition) is 1. The zero-order chi connectivity index (χ0) is 15.1. The minimum Gasteiger partial charge on any atom is -0.483 e. The summed E-state index contributed by atoms with van der Waals surface area (Å²) in [6.45, 7) is 3.72. The number of aryl methyl sites for hydroxylation is 1. The van der Waals surface area contributed by atoms with Gasteiger partial charge in [-0.2, -0.15) is 5.10 Å². The van der Waals surface area contributed by atoms with Gasteiger partial charge in [0.05, 0.1) is 5.71 Å². The van der Waals surface area contributed by atoms with Gasteiger partial charge in [0.1, 0.15) is 5.75 Å². The Morgan fingerprint density at radius 2 is 1.76 bits per heavy atom. The summed E-state index contributed by atoms with van der Waals surface area (Å²) in [6.07, 6.45) is 0. The number of para-hydroxylation sites is 1. The van der Waals surface area contributed by atoms with Crippen LogP contribution in [0.5, 0.6) is 5.75 Å². The molecule has 0 atom stereocenters. The Morgan fingerprint density at radius 3 is 2.48 bits per heavy atom. The molecule has 1 N–H and O–H groups in total. The molecule has 0 aromatic heterocycles. The first kappa shape index (κ1) is 14.8. The van der Waals surface area contributed by atoms with Crippen LogP contribution in [0.25, 0.3) is 0 Å². The normalized spacial score (nSPS) is 11.0. The highest BCUT2D eigenvalue weighted by atomic mass is 16.5. The Balaban J connectivity index is 1.87. The number of nitrogens with zero attached hydrogens (tertiary/aromatic N) is 1. The van der Waals surface area contributed by atoms with Crippen molar-refractivity contribution in [2.75, 3.05) is 6.61 Å². The minimum atomic E-state index is -0.284. The maximum Gasteiger partial charge on any atom is 0.277 e. The van der Waals surface area contributed by atoms with E-state index >= 15 is 0 Å². The second-order valence-corrected chi connectivity index (χ2v) is 4.65. The molecule has 0 aliphatic carbocycles. The highest BCUT2D eigenvalue weighted by Gasteiger charge is 2.04. The Hall–Kier alpha value is -2.62. The molecule has 4 nitrogen and oxygen atoms in total. The molecule has 108 valence electrons. The summed E-state index contributed by atoms with van der Waals surface area (Å²) in [5.41, 5.74) is 5.21. The maximum absolute atomic E-state index is 11.7. The fraction of sp³-hybridized carbons (Fsp3) is 0.176. The van der Waals surface area contributed by atoms with Gasteiger partial charge in [-0.15, -0.1) is 0 Å². The van der Waals surface area contributed by atoms with E-state index in [2.05, 4.69) is 10.5 Å². The topological polar surface area (TPSA) is 50.7 Å². The van der Waals surface area contributed by atoms with Gasteiger partial charge in [-0.25, -0.2) is 5.43 Å². The van der Waals surface area contributed by atoms with E-state index in [0.29, 0.717) is 5.75 Å². The fourth-order valence-corrected chi connectivity index (χ4v) is 1.78. The minimum absolute atomic E-state index is 0.0591. The maximum atomic E-state index is 11.7. The Bertz CT molecular complexity index is 636. The van der Waals surface area contributed by atoms with E-state index in [1.54, 1.807) is 0 Å². The van der Waals surface area contributed by atoms with Crippen molar-refractivity contribution in [3.8, 4) is 5.75 Å². The predicted octanol–water partition coefficient (Wildman–Crippen LogP) is 2.91. The summed E-state index contributed by atoms with van der Waals surface area (Å²) in [7, 11) is 0. The smallest absolute Gasteiger partial charge is 0.277 e. The fourth-order valence-electron chi connectivity index (χ4n) is 1.78. The van der Waals surface area contributed by atoms with Crippen molar-refractivity contribution in [1.29, 1.82) is 0 Å². The average molecular weight is 282 g/mol. The van der Waals surface area contributed by atoms with Crippen LogP contribution in [0.4, 0.5) is 0 Å². The van der Waals surface area contributed by atoms with Gasteiger partial charge in [-0.05, 0) is 31.0 Å². The molecule has 0 heterocycles. The van der Waals surface area contributed by atoms with Gasteiger partial charge in [-0.3, -0.25) is 4.79 Å². The lowest BCUT2D eigenvalue weighted by molar-refractivity contribution is -0.123. The molecular weight excluding hydrogens is 264 g/mol. The third-order valence-electron chi connectivity index (χ3n) is 2.99. The number of benzene rings is 2. The van der Waals surface area contributed by atoms with Crippen molar-refractivity contribution in [3.05, 3.63) is 65.7 Å². The summed E-state index contributed by atoms with van der Waals surface area (Å²) in [5.74, 6) is 0.421. The van der Waals surface area contributed by atoms with Crippen LogP contribution in [0.15, 0.2) is 59.7 Å². The van der Waals surface area contributed by atoms with E-state index in [1.807, 2.05) is 68.4 Å². The number of amides is 1. The molecule has 2 aromatic rings. The van der Waals surface area contributed by atoms with Crippen molar-refractivity contribution in [2.24, 2.45) is 5.10 Å². The van der Waals surface area contributed by atoms with Gasteiger partial charge in [0, 0.05) is 0 Å². The lowest BCUT2D eigenvalue weighted by Crippen LogP contribution is -2.25. The standard InChI is InChI=1S/C17H18N2O2/c1-13-8-6-7-11-16(13)21-12-17(20)19-18-14(2)15-9-4-3-5-10-15/h3-11H,12H2,1-2H3,(H,19,20). The second-order valence-electron chi connectivity index (χ2n) is 4.65. The number of nitrogens with one attached hydrogen (secondary N) is 1. The number of hydrogen-bond acceptors (Lipinski definition) is 3. The Morgan fingerprint density at radius 1 is 1.10 bits per heavy atom. The third-order valence-corrected chi connectivity index (χ3v) is 2.99. The number of carbonyl (C=O) groups is 1. The van der Waals surface area contributed by atoms with E-state index in [0.717, 1.165) is 16.8 Å². The molecule has 0 fully saturated rings. The molecule has 0 unspecified atom stereocenters. The number of carbonyl (C=O) groups excluding carboxylic acids is 1. The van der Waals surface area contributed by atoms with Crippen LogP contribution in [0.2, 0.25) is 0 Å². The van der Waals surface area contributed by atoms with Crippen LogP contribution in [-0.2, 0) is 4.79 Å². The molecule has 0 radical (unpaired) electrons. The summed E-state index contributed by atoms with van der Waals surface area (Å²) in [6, 6.07) is 17.2. The molecule has 2 rings (SSSR count). The lowest BCUT2D eigenvalue weighted by Gasteiger charge is -2.08. The zero-order valence-corrected chi connectivity index (χ0v) is 12.2. The van der Waals surface area contributed by atoms with Crippen LogP contribution in [0.3, 0.4) is 0 Å². The molecule has 0 aliphatic heterocycles. The Kier molecular flexibility index (Phi) is 5.10. The van der Waals surface area contributed by atoms with Gasteiger partial charge in [0.15, 0.2) is 6.61 Å². The molecule has 0 saturated heterocycles. The third kappa shape index (κ3) is 4.45. The SMILES string of the molecule is CC(=NNC(=O)COc1ccccc1C)c1ccccc1. The van der Waals surface area contributed by atoms with Crippen molar-refractivity contribution < 1.29 is 9.53 Å². The van der Waals surface area contributed by atoms with Crippen molar-refractivity contribution >= 4 is 11.6 Å². The van der Waals surface area contributed by atoms with Crippen LogP contribution in [0, 0.1) is 6.92 Å². The second kappa shape index (κ2) is 7.24. The lowest BCUT2D eigenvalue weighted by atomic mass is 10.1. The molecular formula is C17H18N2O2. The van der Waals surface area contributed by atoms with E-state index in [9.17, 15) is 4.79 Å². The van der Waals surface area contributed by atoms with Gasteiger partial charge in [0.25, 0.3) is 5.91 Å². The average Bonchev–Trinajstić information content (AvgIpc) is 2.52. The van der Waals surface area contributed by atoms with Gasteiger partial charge < -0.3 is 4.74 Å². The highest BCUT2D eigenvalue weighted by molar-refractivity contribution is 5.99. The largest absolute Gasteiger partial charge is 0.483 e. The molecule has 0 aliphatic rings. The number of ether oxygens (including phenoxy) is 1. The van der Waals surface area contributed by atoms with Crippen LogP contribution < -0.4 is 10.2 Å². The van der Waals surface area contributed by atoms with Gasteiger partial charge in [0.2, 0.25) is 0 Å². The summed E-state index contributed by atoms with van der Waals surface area (Å²) in [4.78, 5) is 11.7. The first-order valence-electron chi connectivity index (χ1n) is 6.74. The summed E-state index contributed by atoms with van der Waals surface area (Å²) < 4.78 is 5.46. The van der Waals surface area contributed by atoms with Crippen molar-refractivity contribution in [1.82, 2.24) is 5.43 Å². The van der Waals surface area contributed by atoms with E-state index in [1.165, 1.54) is 0 Å². The van der Waals surface area contributed by atoms with E-state index < -0.39 is 0 Å². The quantitative estimate of drug-likeness (QED) is 0.677.